The highest BCUT2D eigenvalue weighted by Crippen LogP contribution is 2.38. The zero-order valence-electron chi connectivity index (χ0n) is 18.6. The van der Waals surface area contributed by atoms with Crippen molar-refractivity contribution in [3.05, 3.63) is 65.7 Å². The zero-order chi connectivity index (χ0) is 21.1. The molecule has 160 valence electrons. The SMILES string of the molecule is CCN(CC)C(=O)c1ccc(N(Cc2ccccc2)C2CC3CCC(C2)N3C)cc1. The lowest BCUT2D eigenvalue weighted by Gasteiger charge is -2.43. The quantitative estimate of drug-likeness (QED) is 0.662. The van der Waals surface area contributed by atoms with Crippen LogP contribution in [0.25, 0.3) is 0 Å². The molecule has 0 spiro atoms. The van der Waals surface area contributed by atoms with Crippen LogP contribution in [0.1, 0.15) is 55.5 Å². The van der Waals surface area contributed by atoms with Gasteiger partial charge >= 0.3 is 0 Å². The number of nitrogens with zero attached hydrogens (tertiary/aromatic N) is 3. The fraction of sp³-hybridized carbons (Fsp3) is 0.500. The van der Waals surface area contributed by atoms with Gasteiger partial charge in [-0.05, 0) is 76.4 Å². The van der Waals surface area contributed by atoms with Crippen molar-refractivity contribution in [3.8, 4) is 0 Å². The zero-order valence-corrected chi connectivity index (χ0v) is 18.6. The summed E-state index contributed by atoms with van der Waals surface area (Å²) < 4.78 is 0. The molecule has 2 aromatic carbocycles. The van der Waals surface area contributed by atoms with Crippen LogP contribution in [0, 0.1) is 0 Å². The van der Waals surface area contributed by atoms with Crippen molar-refractivity contribution in [1.82, 2.24) is 9.80 Å². The van der Waals surface area contributed by atoms with Crippen molar-refractivity contribution in [2.75, 3.05) is 25.0 Å². The molecule has 30 heavy (non-hydrogen) atoms. The Morgan fingerprint density at radius 1 is 0.933 bits per heavy atom. The molecule has 2 heterocycles. The summed E-state index contributed by atoms with van der Waals surface area (Å²) in [6.07, 6.45) is 5.10. The molecule has 2 bridgehead atoms. The van der Waals surface area contributed by atoms with Gasteiger partial charge in [-0.2, -0.15) is 0 Å². The highest BCUT2D eigenvalue weighted by molar-refractivity contribution is 5.94. The van der Waals surface area contributed by atoms with E-state index in [-0.39, 0.29) is 5.91 Å². The number of benzene rings is 2. The van der Waals surface area contributed by atoms with E-state index in [1.807, 2.05) is 30.9 Å². The Morgan fingerprint density at radius 2 is 1.53 bits per heavy atom. The second kappa shape index (κ2) is 9.22. The highest BCUT2D eigenvalue weighted by atomic mass is 16.2. The maximum atomic E-state index is 12.7. The van der Waals surface area contributed by atoms with Gasteiger partial charge < -0.3 is 14.7 Å². The average Bonchev–Trinajstić information content (AvgIpc) is 2.99. The molecule has 1 amide bonds. The number of carbonyl (C=O) groups excluding carboxylic acids is 1. The number of rotatable bonds is 7. The molecule has 2 atom stereocenters. The van der Waals surface area contributed by atoms with Crippen LogP contribution in [0.5, 0.6) is 0 Å². The summed E-state index contributed by atoms with van der Waals surface area (Å²) >= 11 is 0. The molecule has 0 saturated carbocycles. The van der Waals surface area contributed by atoms with Gasteiger partial charge in [0, 0.05) is 49.0 Å². The maximum absolute atomic E-state index is 12.7. The molecule has 0 aromatic heterocycles. The third kappa shape index (κ3) is 4.24. The Bertz CT molecular complexity index is 817. The monoisotopic (exact) mass is 405 g/mol. The lowest BCUT2D eigenvalue weighted by molar-refractivity contribution is 0.0773. The number of hydrogen-bond acceptors (Lipinski definition) is 3. The molecular weight excluding hydrogens is 370 g/mol. The lowest BCUT2D eigenvalue weighted by Crippen LogP contribution is -2.49. The van der Waals surface area contributed by atoms with Gasteiger partial charge in [0.15, 0.2) is 0 Å². The van der Waals surface area contributed by atoms with E-state index in [0.29, 0.717) is 18.1 Å². The summed E-state index contributed by atoms with van der Waals surface area (Å²) in [4.78, 5) is 19.8. The number of carbonyl (C=O) groups is 1. The van der Waals surface area contributed by atoms with E-state index in [1.54, 1.807) is 0 Å². The van der Waals surface area contributed by atoms with Crippen LogP contribution < -0.4 is 4.90 Å². The number of anilines is 1. The molecule has 0 radical (unpaired) electrons. The third-order valence-electron chi connectivity index (χ3n) is 7.21. The van der Waals surface area contributed by atoms with Crippen LogP contribution in [-0.2, 0) is 6.54 Å². The van der Waals surface area contributed by atoms with Crippen molar-refractivity contribution < 1.29 is 4.79 Å². The van der Waals surface area contributed by atoms with E-state index in [0.717, 1.165) is 25.2 Å². The van der Waals surface area contributed by atoms with Crippen LogP contribution in [0.2, 0.25) is 0 Å². The van der Waals surface area contributed by atoms with Gasteiger partial charge in [0.25, 0.3) is 5.91 Å². The second-order valence-corrected chi connectivity index (χ2v) is 8.81. The Kier molecular flexibility index (Phi) is 6.43. The van der Waals surface area contributed by atoms with Crippen LogP contribution in [0.4, 0.5) is 5.69 Å². The minimum Gasteiger partial charge on any atom is -0.364 e. The largest absolute Gasteiger partial charge is 0.364 e. The van der Waals surface area contributed by atoms with Crippen molar-refractivity contribution >= 4 is 11.6 Å². The topological polar surface area (TPSA) is 26.8 Å². The van der Waals surface area contributed by atoms with Gasteiger partial charge in [0.1, 0.15) is 0 Å². The predicted octanol–water partition coefficient (Wildman–Crippen LogP) is 4.80. The molecule has 2 saturated heterocycles. The van der Waals surface area contributed by atoms with Crippen molar-refractivity contribution in [2.24, 2.45) is 0 Å². The van der Waals surface area contributed by atoms with Crippen molar-refractivity contribution in [2.45, 2.75) is 64.2 Å². The minimum absolute atomic E-state index is 0.124. The van der Waals surface area contributed by atoms with Gasteiger partial charge in [-0.25, -0.2) is 0 Å². The summed E-state index contributed by atoms with van der Waals surface area (Å²) in [5.74, 6) is 0.124. The number of fused-ring (bicyclic) bond motifs is 2. The Labute approximate surface area is 181 Å². The van der Waals surface area contributed by atoms with Crippen molar-refractivity contribution in [1.29, 1.82) is 0 Å². The van der Waals surface area contributed by atoms with E-state index in [1.165, 1.54) is 36.9 Å². The molecule has 4 rings (SSSR count). The van der Waals surface area contributed by atoms with Gasteiger partial charge in [0.05, 0.1) is 0 Å². The predicted molar refractivity (Wildman–Crippen MR) is 124 cm³/mol. The number of hydrogen-bond donors (Lipinski definition) is 0. The molecule has 2 fully saturated rings. The van der Waals surface area contributed by atoms with Crippen LogP contribution in [0.3, 0.4) is 0 Å². The average molecular weight is 406 g/mol. The summed E-state index contributed by atoms with van der Waals surface area (Å²) in [6, 6.07) is 21.0. The first-order valence-electron chi connectivity index (χ1n) is 11.5. The number of piperidine rings is 1. The standard InChI is InChI=1S/C26H35N3O/c1-4-28(5-2)26(30)21-11-13-22(14-12-21)29(19-20-9-7-6-8-10-20)25-17-23-15-16-24(18-25)27(23)3/h6-14,23-25H,4-5,15-19H2,1-3H3. The van der Waals surface area contributed by atoms with E-state index >= 15 is 0 Å². The van der Waals surface area contributed by atoms with Crippen LogP contribution in [0.15, 0.2) is 54.6 Å². The fourth-order valence-electron chi connectivity index (χ4n) is 5.34. The summed E-state index contributed by atoms with van der Waals surface area (Å²) in [5, 5.41) is 0. The summed E-state index contributed by atoms with van der Waals surface area (Å²) in [6.45, 7) is 6.47. The molecule has 2 unspecified atom stereocenters. The van der Waals surface area contributed by atoms with E-state index in [9.17, 15) is 4.79 Å². The summed E-state index contributed by atoms with van der Waals surface area (Å²) in [5.41, 5.74) is 3.35. The lowest BCUT2D eigenvalue weighted by atomic mass is 9.95. The van der Waals surface area contributed by atoms with E-state index < -0.39 is 0 Å². The fourth-order valence-corrected chi connectivity index (χ4v) is 5.34. The second-order valence-electron chi connectivity index (χ2n) is 8.81. The van der Waals surface area contributed by atoms with Gasteiger partial charge in [-0.1, -0.05) is 30.3 Å². The molecule has 2 aromatic rings. The van der Waals surface area contributed by atoms with Gasteiger partial charge in [-0.15, -0.1) is 0 Å². The third-order valence-corrected chi connectivity index (χ3v) is 7.21. The van der Waals surface area contributed by atoms with E-state index in [4.69, 9.17) is 0 Å². The normalized spacial score (nSPS) is 23.4. The molecule has 0 N–H and O–H groups in total. The molecule has 2 aliphatic rings. The molecule has 4 nitrogen and oxygen atoms in total. The summed E-state index contributed by atoms with van der Waals surface area (Å²) in [7, 11) is 2.30. The number of amides is 1. The van der Waals surface area contributed by atoms with Gasteiger partial charge in [0.2, 0.25) is 0 Å². The first-order valence-corrected chi connectivity index (χ1v) is 11.5. The van der Waals surface area contributed by atoms with E-state index in [2.05, 4.69) is 59.3 Å². The maximum Gasteiger partial charge on any atom is 0.253 e. The Balaban J connectivity index is 1.58. The minimum atomic E-state index is 0.124. The molecule has 4 heteroatoms. The molecule has 0 aliphatic carbocycles. The first-order chi connectivity index (χ1) is 14.6. The van der Waals surface area contributed by atoms with Crippen LogP contribution in [-0.4, -0.2) is 54.0 Å². The Morgan fingerprint density at radius 3 is 2.10 bits per heavy atom. The van der Waals surface area contributed by atoms with Gasteiger partial charge in [-0.3, -0.25) is 4.79 Å². The molecule has 2 aliphatic heterocycles. The first kappa shape index (κ1) is 20.9. The Hall–Kier alpha value is -2.33. The highest BCUT2D eigenvalue weighted by Gasteiger charge is 2.40. The smallest absolute Gasteiger partial charge is 0.253 e. The van der Waals surface area contributed by atoms with Crippen LogP contribution >= 0.6 is 0 Å². The van der Waals surface area contributed by atoms with Crippen molar-refractivity contribution in [3.63, 3.8) is 0 Å². The molecular formula is C26H35N3O.